The number of benzene rings is 1. The summed E-state index contributed by atoms with van der Waals surface area (Å²) in [6, 6.07) is 6.36. The van der Waals surface area contributed by atoms with Gasteiger partial charge in [-0.05, 0) is 41.7 Å². The SMILES string of the molecule is C=CC1=C(C=C)[C@H](c2ccc(F)cc2)N(C(=O)[C@H]2C[C@@H]3NCCS[C@H]3CO2)CC1.[HH]. The highest BCUT2D eigenvalue weighted by Crippen LogP contribution is 2.38. The molecule has 1 amide bonds. The van der Waals surface area contributed by atoms with Crippen molar-refractivity contribution >= 4 is 17.7 Å². The average molecular weight is 417 g/mol. The molecule has 29 heavy (non-hydrogen) atoms. The van der Waals surface area contributed by atoms with Gasteiger partial charge in [-0.3, -0.25) is 4.79 Å². The van der Waals surface area contributed by atoms with Crippen LogP contribution in [0.5, 0.6) is 0 Å². The van der Waals surface area contributed by atoms with Gasteiger partial charge in [-0.2, -0.15) is 11.8 Å². The van der Waals surface area contributed by atoms with Crippen LogP contribution < -0.4 is 5.32 Å². The highest BCUT2D eigenvalue weighted by molar-refractivity contribution is 8.00. The first-order valence-electron chi connectivity index (χ1n) is 10.1. The molecule has 4 atom stereocenters. The molecule has 1 aromatic rings. The minimum absolute atomic E-state index is 0. The maximum atomic E-state index is 13.5. The molecule has 0 spiro atoms. The lowest BCUT2D eigenvalue weighted by molar-refractivity contribution is -0.149. The van der Waals surface area contributed by atoms with Crippen molar-refractivity contribution in [3.05, 3.63) is 72.1 Å². The number of hydrogen-bond donors (Lipinski definition) is 1. The number of hydrogen-bond acceptors (Lipinski definition) is 4. The molecule has 6 heteroatoms. The summed E-state index contributed by atoms with van der Waals surface area (Å²) in [6.45, 7) is 10.0. The maximum absolute atomic E-state index is 13.5. The van der Waals surface area contributed by atoms with Crippen molar-refractivity contribution in [1.82, 2.24) is 10.2 Å². The van der Waals surface area contributed by atoms with Crippen LogP contribution in [0.4, 0.5) is 4.39 Å². The Bertz CT molecular complexity index is 829. The van der Waals surface area contributed by atoms with E-state index in [0.717, 1.165) is 35.4 Å². The summed E-state index contributed by atoms with van der Waals surface area (Å²) in [4.78, 5) is 15.4. The molecule has 0 aromatic heterocycles. The highest BCUT2D eigenvalue weighted by atomic mass is 32.2. The van der Waals surface area contributed by atoms with Crippen LogP contribution in [0.2, 0.25) is 0 Å². The largest absolute Gasteiger partial charge is 0.367 e. The third-order valence-electron chi connectivity index (χ3n) is 6.03. The Hall–Kier alpha value is -1.89. The summed E-state index contributed by atoms with van der Waals surface area (Å²) < 4.78 is 19.5. The zero-order valence-corrected chi connectivity index (χ0v) is 17.3. The van der Waals surface area contributed by atoms with E-state index in [1.807, 2.05) is 22.7 Å². The third kappa shape index (κ3) is 4.06. The van der Waals surface area contributed by atoms with Gasteiger partial charge in [0, 0.05) is 31.6 Å². The number of nitrogens with one attached hydrogen (secondary N) is 1. The highest BCUT2D eigenvalue weighted by Gasteiger charge is 2.41. The average Bonchev–Trinajstić information content (AvgIpc) is 2.77. The summed E-state index contributed by atoms with van der Waals surface area (Å²) in [5.74, 6) is 0.787. The van der Waals surface area contributed by atoms with Gasteiger partial charge < -0.3 is 15.0 Å². The summed E-state index contributed by atoms with van der Waals surface area (Å²) >= 11 is 1.92. The first-order valence-corrected chi connectivity index (χ1v) is 11.2. The van der Waals surface area contributed by atoms with E-state index < -0.39 is 6.10 Å². The number of carbonyl (C=O) groups is 1. The topological polar surface area (TPSA) is 41.6 Å². The van der Waals surface area contributed by atoms with Gasteiger partial charge in [-0.15, -0.1) is 0 Å². The monoisotopic (exact) mass is 416 g/mol. The molecule has 1 aromatic carbocycles. The van der Waals surface area contributed by atoms with E-state index in [1.54, 1.807) is 18.2 Å². The van der Waals surface area contributed by atoms with Crippen molar-refractivity contribution in [2.24, 2.45) is 0 Å². The second-order valence-corrected chi connectivity index (χ2v) is 9.00. The van der Waals surface area contributed by atoms with Crippen LogP contribution in [0.25, 0.3) is 0 Å². The molecule has 3 aliphatic heterocycles. The zero-order chi connectivity index (χ0) is 20.4. The van der Waals surface area contributed by atoms with Crippen LogP contribution >= 0.6 is 11.8 Å². The molecule has 2 saturated heterocycles. The second kappa shape index (κ2) is 8.86. The van der Waals surface area contributed by atoms with Gasteiger partial charge in [0.2, 0.25) is 0 Å². The number of halogens is 1. The van der Waals surface area contributed by atoms with Crippen LogP contribution in [-0.2, 0) is 9.53 Å². The minimum Gasteiger partial charge on any atom is -0.367 e. The molecule has 3 heterocycles. The van der Waals surface area contributed by atoms with E-state index in [2.05, 4.69) is 18.5 Å². The van der Waals surface area contributed by atoms with Crippen molar-refractivity contribution in [3.8, 4) is 0 Å². The molecular formula is C23H29FN2O2S. The van der Waals surface area contributed by atoms with Crippen LogP contribution in [0.1, 0.15) is 25.9 Å². The van der Waals surface area contributed by atoms with E-state index in [-0.39, 0.29) is 19.2 Å². The van der Waals surface area contributed by atoms with Crippen LogP contribution in [0.15, 0.2) is 60.7 Å². The quantitative estimate of drug-likeness (QED) is 0.809. The Labute approximate surface area is 177 Å². The predicted molar refractivity (Wildman–Crippen MR) is 117 cm³/mol. The van der Waals surface area contributed by atoms with Crippen molar-refractivity contribution < 1.29 is 15.3 Å². The van der Waals surface area contributed by atoms with Gasteiger partial charge in [0.15, 0.2) is 0 Å². The van der Waals surface area contributed by atoms with Gasteiger partial charge in [0.1, 0.15) is 11.9 Å². The lowest BCUT2D eigenvalue weighted by Gasteiger charge is -2.43. The standard InChI is InChI=1S/C23H27FN2O2S.H2/c1-3-15-9-11-26(22(18(15)4-2)16-5-7-17(24)8-6-16)23(27)20-13-19-21(14-28-20)29-12-10-25-19;/h3-8,19-22,25H,1-2,9-14H2;1H/t19-,20+,21-,22-;/m0./s1. The third-order valence-corrected chi connectivity index (χ3v) is 7.36. The smallest absolute Gasteiger partial charge is 0.252 e. The molecule has 0 aliphatic carbocycles. The van der Waals surface area contributed by atoms with Gasteiger partial charge in [0.25, 0.3) is 5.91 Å². The Morgan fingerprint density at radius 3 is 2.83 bits per heavy atom. The summed E-state index contributed by atoms with van der Waals surface area (Å²) in [5, 5.41) is 3.96. The van der Waals surface area contributed by atoms with Crippen molar-refractivity contribution in [2.75, 3.05) is 25.4 Å². The molecule has 1 N–H and O–H groups in total. The molecule has 2 fully saturated rings. The lowest BCUT2D eigenvalue weighted by atomic mass is 9.87. The minimum atomic E-state index is -0.457. The molecule has 156 valence electrons. The van der Waals surface area contributed by atoms with Crippen molar-refractivity contribution in [2.45, 2.75) is 36.3 Å². The number of thioether (sulfide) groups is 1. The number of allylic oxidation sites excluding steroid dienone is 1. The number of rotatable bonds is 4. The Balaban J connectivity index is 0.00000256. The van der Waals surface area contributed by atoms with Gasteiger partial charge in [-0.25, -0.2) is 4.39 Å². The zero-order valence-electron chi connectivity index (χ0n) is 16.5. The van der Waals surface area contributed by atoms with Crippen LogP contribution in [0, 0.1) is 5.82 Å². The summed E-state index contributed by atoms with van der Waals surface area (Å²) in [7, 11) is 0. The molecule has 4 rings (SSSR count). The number of nitrogens with zero attached hydrogens (tertiary/aromatic N) is 1. The fourth-order valence-corrected chi connectivity index (χ4v) is 5.68. The summed E-state index contributed by atoms with van der Waals surface area (Å²) in [5.41, 5.74) is 2.90. The Morgan fingerprint density at radius 2 is 2.10 bits per heavy atom. The fraction of sp³-hybridized carbons (Fsp3) is 0.435. The number of ether oxygens (including phenoxy) is 1. The first-order chi connectivity index (χ1) is 14.1. The molecule has 0 saturated carbocycles. The first kappa shape index (κ1) is 20.4. The van der Waals surface area contributed by atoms with E-state index >= 15 is 0 Å². The number of fused-ring (bicyclic) bond motifs is 1. The van der Waals surface area contributed by atoms with Crippen molar-refractivity contribution in [3.63, 3.8) is 0 Å². The molecule has 0 bridgehead atoms. The Kier molecular flexibility index (Phi) is 6.23. The maximum Gasteiger partial charge on any atom is 0.252 e. The van der Waals surface area contributed by atoms with Crippen LogP contribution in [-0.4, -0.2) is 53.7 Å². The van der Waals surface area contributed by atoms with E-state index in [4.69, 9.17) is 4.74 Å². The van der Waals surface area contributed by atoms with E-state index in [9.17, 15) is 9.18 Å². The van der Waals surface area contributed by atoms with Gasteiger partial charge >= 0.3 is 0 Å². The van der Waals surface area contributed by atoms with Gasteiger partial charge in [0.05, 0.1) is 12.6 Å². The molecule has 0 radical (unpaired) electrons. The molecule has 4 nitrogen and oxygen atoms in total. The second-order valence-electron chi connectivity index (χ2n) is 7.65. The Morgan fingerprint density at radius 1 is 1.31 bits per heavy atom. The summed E-state index contributed by atoms with van der Waals surface area (Å²) in [6.07, 6.45) is 4.58. The van der Waals surface area contributed by atoms with Crippen molar-refractivity contribution in [1.29, 1.82) is 0 Å². The number of carbonyl (C=O) groups excluding carboxylic acids is 1. The van der Waals surface area contributed by atoms with E-state index in [1.165, 1.54) is 12.1 Å². The van der Waals surface area contributed by atoms with E-state index in [0.29, 0.717) is 30.9 Å². The molecular weight excluding hydrogens is 387 g/mol. The van der Waals surface area contributed by atoms with Gasteiger partial charge in [-0.1, -0.05) is 37.4 Å². The predicted octanol–water partition coefficient (Wildman–Crippen LogP) is 3.88. The molecule has 0 unspecified atom stereocenters. The van der Waals surface area contributed by atoms with Crippen LogP contribution in [0.3, 0.4) is 0 Å². The fourth-order valence-electron chi connectivity index (χ4n) is 4.53. The normalized spacial score (nSPS) is 29.9. The number of amides is 1. The lowest BCUT2D eigenvalue weighted by Crippen LogP contribution is -2.56. The molecule has 3 aliphatic rings.